The van der Waals surface area contributed by atoms with E-state index in [9.17, 15) is 8.42 Å². The molecule has 0 aliphatic carbocycles. The minimum Gasteiger partial charge on any atom is -0.270 e. The van der Waals surface area contributed by atoms with Gasteiger partial charge in [0, 0.05) is 11.0 Å². The molecular weight excluding hydrogens is 302 g/mol. The Hall–Kier alpha value is -0.550. The molecule has 1 fully saturated rings. The smallest absolute Gasteiger partial charge is 0.235 e. The SMILES string of the molecule is Cc1cc(N2CC(C)CS2(=O)=O)cc(C)c1Br. The topological polar surface area (TPSA) is 37.4 Å². The lowest BCUT2D eigenvalue weighted by atomic mass is 10.1. The van der Waals surface area contributed by atoms with Gasteiger partial charge in [0.05, 0.1) is 11.4 Å². The van der Waals surface area contributed by atoms with E-state index in [4.69, 9.17) is 0 Å². The number of nitrogens with zero attached hydrogens (tertiary/aromatic N) is 1. The summed E-state index contributed by atoms with van der Waals surface area (Å²) in [6.07, 6.45) is 0. The Kier molecular flexibility index (Phi) is 3.25. The number of aryl methyl sites for hydroxylation is 2. The molecule has 1 aliphatic rings. The molecule has 1 aromatic carbocycles. The summed E-state index contributed by atoms with van der Waals surface area (Å²) in [7, 11) is -3.12. The molecule has 1 atom stereocenters. The lowest BCUT2D eigenvalue weighted by Gasteiger charge is -2.19. The molecule has 1 heterocycles. The van der Waals surface area contributed by atoms with Gasteiger partial charge in [-0.25, -0.2) is 8.42 Å². The Balaban J connectivity index is 2.49. The molecule has 5 heteroatoms. The second-order valence-corrected chi connectivity index (χ2v) is 7.54. The highest BCUT2D eigenvalue weighted by molar-refractivity contribution is 9.10. The van der Waals surface area contributed by atoms with E-state index in [1.807, 2.05) is 32.9 Å². The van der Waals surface area contributed by atoms with Crippen molar-refractivity contribution in [2.24, 2.45) is 5.92 Å². The van der Waals surface area contributed by atoms with Crippen LogP contribution in [0.3, 0.4) is 0 Å². The average molecular weight is 318 g/mol. The third kappa shape index (κ3) is 2.36. The van der Waals surface area contributed by atoms with Crippen molar-refractivity contribution in [1.82, 2.24) is 0 Å². The van der Waals surface area contributed by atoms with Crippen molar-refractivity contribution in [3.63, 3.8) is 0 Å². The van der Waals surface area contributed by atoms with Gasteiger partial charge in [0.1, 0.15) is 0 Å². The van der Waals surface area contributed by atoms with E-state index in [2.05, 4.69) is 15.9 Å². The fraction of sp³-hybridized carbons (Fsp3) is 0.500. The molecule has 0 spiro atoms. The third-order valence-electron chi connectivity index (χ3n) is 3.02. The van der Waals surface area contributed by atoms with Crippen LogP contribution in [-0.2, 0) is 10.0 Å². The lowest BCUT2D eigenvalue weighted by molar-refractivity contribution is 0.598. The summed E-state index contributed by atoms with van der Waals surface area (Å²) in [4.78, 5) is 0. The minimum absolute atomic E-state index is 0.198. The lowest BCUT2D eigenvalue weighted by Crippen LogP contribution is -2.25. The van der Waals surface area contributed by atoms with Gasteiger partial charge in [-0.2, -0.15) is 0 Å². The summed E-state index contributed by atoms with van der Waals surface area (Å²) in [6, 6.07) is 3.85. The van der Waals surface area contributed by atoms with E-state index in [0.717, 1.165) is 21.3 Å². The van der Waals surface area contributed by atoms with Crippen LogP contribution in [-0.4, -0.2) is 20.7 Å². The fourth-order valence-corrected chi connectivity index (χ4v) is 4.37. The number of sulfonamides is 1. The van der Waals surface area contributed by atoms with E-state index in [0.29, 0.717) is 6.54 Å². The number of rotatable bonds is 1. The second kappa shape index (κ2) is 4.28. The monoisotopic (exact) mass is 317 g/mol. The van der Waals surface area contributed by atoms with Gasteiger partial charge < -0.3 is 0 Å². The van der Waals surface area contributed by atoms with Crippen molar-refractivity contribution in [3.8, 4) is 0 Å². The van der Waals surface area contributed by atoms with Crippen molar-refractivity contribution in [2.45, 2.75) is 20.8 Å². The number of hydrogen-bond donors (Lipinski definition) is 0. The molecule has 0 radical (unpaired) electrons. The molecule has 0 amide bonds. The summed E-state index contributed by atoms with van der Waals surface area (Å²) in [5, 5.41) is 0. The predicted octanol–water partition coefficient (Wildman–Crippen LogP) is 2.85. The Morgan fingerprint density at radius 3 is 2.24 bits per heavy atom. The molecule has 2 rings (SSSR count). The van der Waals surface area contributed by atoms with Gasteiger partial charge in [-0.15, -0.1) is 0 Å². The minimum atomic E-state index is -3.12. The highest BCUT2D eigenvalue weighted by Gasteiger charge is 2.33. The largest absolute Gasteiger partial charge is 0.270 e. The summed E-state index contributed by atoms with van der Waals surface area (Å²) in [5.41, 5.74) is 2.91. The van der Waals surface area contributed by atoms with Crippen LogP contribution in [0.5, 0.6) is 0 Å². The first-order valence-electron chi connectivity index (χ1n) is 5.58. The van der Waals surface area contributed by atoms with Crippen molar-refractivity contribution >= 4 is 31.6 Å². The molecule has 0 saturated carbocycles. The van der Waals surface area contributed by atoms with E-state index in [-0.39, 0.29) is 11.7 Å². The van der Waals surface area contributed by atoms with E-state index in [1.54, 1.807) is 0 Å². The van der Waals surface area contributed by atoms with E-state index >= 15 is 0 Å². The summed E-state index contributed by atoms with van der Waals surface area (Å²) >= 11 is 3.49. The van der Waals surface area contributed by atoms with Crippen LogP contribution in [0.4, 0.5) is 5.69 Å². The highest BCUT2D eigenvalue weighted by atomic mass is 79.9. The first kappa shape index (κ1) is 12.9. The van der Waals surface area contributed by atoms with Crippen LogP contribution >= 0.6 is 15.9 Å². The first-order valence-corrected chi connectivity index (χ1v) is 7.98. The van der Waals surface area contributed by atoms with Gasteiger partial charge in [0.15, 0.2) is 0 Å². The molecule has 3 nitrogen and oxygen atoms in total. The zero-order chi connectivity index (χ0) is 12.8. The van der Waals surface area contributed by atoms with Crippen LogP contribution in [0.1, 0.15) is 18.1 Å². The van der Waals surface area contributed by atoms with Crippen LogP contribution in [0.2, 0.25) is 0 Å². The molecule has 1 aromatic rings. The van der Waals surface area contributed by atoms with Gasteiger partial charge in [-0.3, -0.25) is 4.31 Å². The maximum Gasteiger partial charge on any atom is 0.235 e. The highest BCUT2D eigenvalue weighted by Crippen LogP contribution is 2.32. The number of halogens is 1. The second-order valence-electron chi connectivity index (χ2n) is 4.81. The van der Waals surface area contributed by atoms with Crippen molar-refractivity contribution in [2.75, 3.05) is 16.6 Å². The first-order chi connectivity index (χ1) is 7.81. The maximum absolute atomic E-state index is 12.0. The Morgan fingerprint density at radius 1 is 1.29 bits per heavy atom. The Labute approximate surface area is 111 Å². The van der Waals surface area contributed by atoms with Crippen LogP contribution < -0.4 is 4.31 Å². The predicted molar refractivity (Wildman–Crippen MR) is 73.9 cm³/mol. The van der Waals surface area contributed by atoms with Crippen molar-refractivity contribution in [1.29, 1.82) is 0 Å². The maximum atomic E-state index is 12.0. The van der Waals surface area contributed by atoms with Crippen LogP contribution in [0.25, 0.3) is 0 Å². The quantitative estimate of drug-likeness (QED) is 0.798. The summed E-state index contributed by atoms with van der Waals surface area (Å²) in [5.74, 6) is 0.450. The van der Waals surface area contributed by atoms with Crippen molar-refractivity contribution < 1.29 is 8.42 Å². The zero-order valence-corrected chi connectivity index (χ0v) is 12.6. The molecule has 94 valence electrons. The van der Waals surface area contributed by atoms with E-state index < -0.39 is 10.0 Å². The normalized spacial score (nSPS) is 23.1. The molecule has 1 unspecified atom stereocenters. The van der Waals surface area contributed by atoms with Gasteiger partial charge in [-0.05, 0) is 43.0 Å². The molecule has 0 N–H and O–H groups in total. The summed E-state index contributed by atoms with van der Waals surface area (Å²) in [6.45, 7) is 6.51. The van der Waals surface area contributed by atoms with Crippen LogP contribution in [0, 0.1) is 19.8 Å². The Bertz CT molecular complexity index is 531. The van der Waals surface area contributed by atoms with Gasteiger partial charge >= 0.3 is 0 Å². The van der Waals surface area contributed by atoms with Gasteiger partial charge in [-0.1, -0.05) is 22.9 Å². The van der Waals surface area contributed by atoms with Crippen molar-refractivity contribution in [3.05, 3.63) is 27.7 Å². The molecule has 0 aromatic heterocycles. The summed E-state index contributed by atoms with van der Waals surface area (Å²) < 4.78 is 26.6. The molecule has 1 saturated heterocycles. The number of anilines is 1. The van der Waals surface area contributed by atoms with Gasteiger partial charge in [0.2, 0.25) is 10.0 Å². The molecule has 1 aliphatic heterocycles. The molecule has 17 heavy (non-hydrogen) atoms. The molecule has 0 bridgehead atoms. The standard InChI is InChI=1S/C12H16BrNO2S/c1-8-6-14(17(15,16)7-8)11-4-9(2)12(13)10(3)5-11/h4-5,8H,6-7H2,1-3H3. The zero-order valence-electron chi connectivity index (χ0n) is 10.2. The average Bonchev–Trinajstić information content (AvgIpc) is 2.47. The number of benzene rings is 1. The molecular formula is C12H16BrNO2S. The Morgan fingerprint density at radius 2 is 1.82 bits per heavy atom. The van der Waals surface area contributed by atoms with E-state index in [1.165, 1.54) is 4.31 Å². The number of hydrogen-bond acceptors (Lipinski definition) is 2. The van der Waals surface area contributed by atoms with Gasteiger partial charge in [0.25, 0.3) is 0 Å². The fourth-order valence-electron chi connectivity index (χ4n) is 2.23. The third-order valence-corrected chi connectivity index (χ3v) is 6.29. The van der Waals surface area contributed by atoms with Crippen LogP contribution in [0.15, 0.2) is 16.6 Å².